The maximum absolute atomic E-state index is 4.85. The van der Waals surface area contributed by atoms with Gasteiger partial charge in [-0.3, -0.25) is 0 Å². The Morgan fingerprint density at radius 1 is 1.47 bits per heavy atom. The van der Waals surface area contributed by atoms with Crippen LogP contribution < -0.4 is 10.2 Å². The Morgan fingerprint density at radius 2 is 2.18 bits per heavy atom. The molecule has 0 unspecified atom stereocenters. The van der Waals surface area contributed by atoms with Crippen LogP contribution in [0.2, 0.25) is 0 Å². The van der Waals surface area contributed by atoms with Gasteiger partial charge in [0.05, 0.1) is 5.69 Å². The van der Waals surface area contributed by atoms with Crippen LogP contribution in [-0.2, 0) is 6.54 Å². The van der Waals surface area contributed by atoms with Crippen LogP contribution in [0.3, 0.4) is 0 Å². The normalized spacial score (nSPS) is 15.6. The van der Waals surface area contributed by atoms with E-state index in [9.17, 15) is 0 Å². The van der Waals surface area contributed by atoms with E-state index >= 15 is 0 Å². The third-order valence-electron chi connectivity index (χ3n) is 2.98. The molecule has 1 saturated carbocycles. The molecule has 17 heavy (non-hydrogen) atoms. The fourth-order valence-corrected chi connectivity index (χ4v) is 3.23. The zero-order chi connectivity index (χ0) is 12.4. The molecule has 0 aromatic carbocycles. The highest BCUT2D eigenvalue weighted by Crippen LogP contribution is 2.44. The summed E-state index contributed by atoms with van der Waals surface area (Å²) >= 11 is 1.85. The summed E-state index contributed by atoms with van der Waals surface area (Å²) in [4.78, 5) is 8.57. The molecule has 96 valence electrons. The molecule has 0 atom stereocenters. The van der Waals surface area contributed by atoms with Crippen LogP contribution in [0.15, 0.2) is 0 Å². The minimum absolute atomic E-state index is 0.682. The van der Waals surface area contributed by atoms with Crippen LogP contribution in [0.4, 0.5) is 5.13 Å². The van der Waals surface area contributed by atoms with Gasteiger partial charge in [-0.05, 0) is 25.8 Å². The standard InChI is InChI=1S/C13H23N3S/c1-9(2)8-16(4)13-15-12(10-5-6-10)11(17-13)7-14-3/h9-10,14H,5-8H2,1-4H3. The summed E-state index contributed by atoms with van der Waals surface area (Å²) in [5.74, 6) is 1.43. The molecular weight excluding hydrogens is 230 g/mol. The van der Waals surface area contributed by atoms with Crippen molar-refractivity contribution in [1.29, 1.82) is 0 Å². The fraction of sp³-hybridized carbons (Fsp3) is 0.769. The van der Waals surface area contributed by atoms with Gasteiger partial charge in [0, 0.05) is 30.9 Å². The maximum Gasteiger partial charge on any atom is 0.185 e. The van der Waals surface area contributed by atoms with Crippen molar-refractivity contribution in [3.8, 4) is 0 Å². The Hall–Kier alpha value is -0.610. The Labute approximate surface area is 108 Å². The Kier molecular flexibility index (Phi) is 4.05. The molecule has 1 heterocycles. The topological polar surface area (TPSA) is 28.2 Å². The largest absolute Gasteiger partial charge is 0.351 e. The van der Waals surface area contributed by atoms with E-state index < -0.39 is 0 Å². The smallest absolute Gasteiger partial charge is 0.185 e. The molecule has 0 amide bonds. The average molecular weight is 253 g/mol. The van der Waals surface area contributed by atoms with Gasteiger partial charge in [0.2, 0.25) is 0 Å². The molecule has 0 bridgehead atoms. The van der Waals surface area contributed by atoms with Gasteiger partial charge in [-0.2, -0.15) is 0 Å². The molecule has 0 aliphatic heterocycles. The maximum atomic E-state index is 4.85. The molecule has 2 rings (SSSR count). The lowest BCUT2D eigenvalue weighted by atomic mass is 10.2. The summed E-state index contributed by atoms with van der Waals surface area (Å²) in [6.45, 7) is 6.54. The van der Waals surface area contributed by atoms with Crippen LogP contribution in [0, 0.1) is 5.92 Å². The van der Waals surface area contributed by atoms with Crippen molar-refractivity contribution in [3.63, 3.8) is 0 Å². The molecule has 1 aromatic heterocycles. The van der Waals surface area contributed by atoms with Crippen molar-refractivity contribution < 1.29 is 0 Å². The molecular formula is C13H23N3S. The van der Waals surface area contributed by atoms with Crippen LogP contribution in [0.25, 0.3) is 0 Å². The molecule has 1 aromatic rings. The highest BCUT2D eigenvalue weighted by molar-refractivity contribution is 7.15. The molecule has 0 radical (unpaired) electrons. The van der Waals surface area contributed by atoms with Gasteiger partial charge in [0.25, 0.3) is 0 Å². The minimum Gasteiger partial charge on any atom is -0.351 e. The Balaban J connectivity index is 2.14. The molecule has 0 spiro atoms. The zero-order valence-electron chi connectivity index (χ0n) is 11.3. The van der Waals surface area contributed by atoms with Crippen molar-refractivity contribution in [2.75, 3.05) is 25.5 Å². The number of hydrogen-bond acceptors (Lipinski definition) is 4. The number of hydrogen-bond donors (Lipinski definition) is 1. The number of anilines is 1. The van der Waals surface area contributed by atoms with Gasteiger partial charge >= 0.3 is 0 Å². The molecule has 1 aliphatic rings. The van der Waals surface area contributed by atoms with Gasteiger partial charge < -0.3 is 10.2 Å². The molecule has 1 fully saturated rings. The summed E-state index contributed by atoms with van der Waals surface area (Å²) < 4.78 is 0. The second-order valence-electron chi connectivity index (χ2n) is 5.38. The summed E-state index contributed by atoms with van der Waals surface area (Å²) in [6, 6.07) is 0. The first-order chi connectivity index (χ1) is 8.11. The van der Waals surface area contributed by atoms with Crippen molar-refractivity contribution >= 4 is 16.5 Å². The van der Waals surface area contributed by atoms with Crippen molar-refractivity contribution in [2.24, 2.45) is 5.92 Å². The lowest BCUT2D eigenvalue weighted by molar-refractivity contribution is 0.637. The van der Waals surface area contributed by atoms with Crippen LogP contribution in [0.5, 0.6) is 0 Å². The van der Waals surface area contributed by atoms with Crippen LogP contribution >= 0.6 is 11.3 Å². The quantitative estimate of drug-likeness (QED) is 0.845. The molecule has 1 aliphatic carbocycles. The summed E-state index contributed by atoms with van der Waals surface area (Å²) in [6.07, 6.45) is 2.65. The van der Waals surface area contributed by atoms with E-state index in [0.29, 0.717) is 5.92 Å². The third kappa shape index (κ3) is 3.19. The van der Waals surface area contributed by atoms with Gasteiger partial charge in [-0.25, -0.2) is 4.98 Å². The van der Waals surface area contributed by atoms with E-state index in [-0.39, 0.29) is 0 Å². The van der Waals surface area contributed by atoms with Gasteiger partial charge in [-0.1, -0.05) is 13.8 Å². The summed E-state index contributed by atoms with van der Waals surface area (Å²) in [7, 11) is 4.16. The predicted molar refractivity (Wildman–Crippen MR) is 75.0 cm³/mol. The van der Waals surface area contributed by atoms with E-state index in [1.54, 1.807) is 0 Å². The second kappa shape index (κ2) is 5.36. The van der Waals surface area contributed by atoms with Gasteiger partial charge in [-0.15, -0.1) is 11.3 Å². The van der Waals surface area contributed by atoms with E-state index in [0.717, 1.165) is 19.0 Å². The first-order valence-electron chi connectivity index (χ1n) is 6.47. The molecule has 3 nitrogen and oxygen atoms in total. The summed E-state index contributed by atoms with van der Waals surface area (Å²) in [5.41, 5.74) is 1.36. The number of thiazole rings is 1. The number of rotatable bonds is 6. The minimum atomic E-state index is 0.682. The van der Waals surface area contributed by atoms with E-state index in [4.69, 9.17) is 4.98 Å². The van der Waals surface area contributed by atoms with E-state index in [1.165, 1.54) is 28.5 Å². The number of aromatic nitrogens is 1. The van der Waals surface area contributed by atoms with Crippen molar-refractivity contribution in [3.05, 3.63) is 10.6 Å². The highest BCUT2D eigenvalue weighted by atomic mass is 32.1. The molecule has 0 saturated heterocycles. The summed E-state index contributed by atoms with van der Waals surface area (Å²) in [5, 5.41) is 4.44. The van der Waals surface area contributed by atoms with E-state index in [2.05, 4.69) is 31.1 Å². The molecule has 4 heteroatoms. The second-order valence-corrected chi connectivity index (χ2v) is 6.45. The van der Waals surface area contributed by atoms with Gasteiger partial charge in [0.15, 0.2) is 5.13 Å². The highest BCUT2D eigenvalue weighted by Gasteiger charge is 2.29. The first kappa shape index (κ1) is 12.8. The van der Waals surface area contributed by atoms with Crippen LogP contribution in [-0.4, -0.2) is 25.6 Å². The number of nitrogens with zero attached hydrogens (tertiary/aromatic N) is 2. The number of nitrogens with one attached hydrogen (secondary N) is 1. The lowest BCUT2D eigenvalue weighted by Gasteiger charge is -2.17. The van der Waals surface area contributed by atoms with Crippen LogP contribution in [0.1, 0.15) is 43.2 Å². The first-order valence-corrected chi connectivity index (χ1v) is 7.28. The Morgan fingerprint density at radius 3 is 2.71 bits per heavy atom. The molecule has 1 N–H and O–H groups in total. The van der Waals surface area contributed by atoms with E-state index in [1.807, 2.05) is 18.4 Å². The van der Waals surface area contributed by atoms with Crippen molar-refractivity contribution in [2.45, 2.75) is 39.2 Å². The average Bonchev–Trinajstić information content (AvgIpc) is 3.00. The van der Waals surface area contributed by atoms with Gasteiger partial charge in [0.1, 0.15) is 0 Å². The predicted octanol–water partition coefficient (Wildman–Crippen LogP) is 2.83. The lowest BCUT2D eigenvalue weighted by Crippen LogP contribution is -2.22. The zero-order valence-corrected chi connectivity index (χ0v) is 12.1. The Bertz CT molecular complexity index is 369. The van der Waals surface area contributed by atoms with Crippen molar-refractivity contribution in [1.82, 2.24) is 10.3 Å². The monoisotopic (exact) mass is 253 g/mol. The fourth-order valence-electron chi connectivity index (χ4n) is 2.10. The SMILES string of the molecule is CNCc1sc(N(C)CC(C)C)nc1C1CC1. The third-order valence-corrected chi connectivity index (χ3v) is 4.17.